The van der Waals surface area contributed by atoms with Crippen LogP contribution in [-0.2, 0) is 6.54 Å². The number of pyridine rings is 1. The lowest BCUT2D eigenvalue weighted by Gasteiger charge is -2.05. The number of carbonyl (C=O) groups excluding carboxylic acids is 1. The van der Waals surface area contributed by atoms with Crippen LogP contribution in [0.1, 0.15) is 28.7 Å². The Balaban J connectivity index is 2.40. The van der Waals surface area contributed by atoms with Gasteiger partial charge < -0.3 is 4.74 Å². The van der Waals surface area contributed by atoms with E-state index >= 15 is 0 Å². The Labute approximate surface area is 105 Å². The highest BCUT2D eigenvalue weighted by atomic mass is 16.5. The molecule has 0 aromatic carbocycles. The SMILES string of the molecule is CCn1nc(C)cc1C(=O)c1cncc(OC)c1. The number of ketones is 1. The Morgan fingerprint density at radius 1 is 1.39 bits per heavy atom. The second-order valence-electron chi connectivity index (χ2n) is 3.93. The van der Waals surface area contributed by atoms with Crippen LogP contribution < -0.4 is 4.74 Å². The van der Waals surface area contributed by atoms with Crippen molar-refractivity contribution in [2.24, 2.45) is 0 Å². The molecule has 2 rings (SSSR count). The first-order chi connectivity index (χ1) is 8.65. The van der Waals surface area contributed by atoms with E-state index in [-0.39, 0.29) is 5.78 Å². The molecule has 0 atom stereocenters. The standard InChI is InChI=1S/C13H15N3O2/c1-4-16-12(5-9(2)15-16)13(17)10-6-11(18-3)8-14-7-10/h5-8H,4H2,1-3H3. The summed E-state index contributed by atoms with van der Waals surface area (Å²) in [5.41, 5.74) is 1.91. The van der Waals surface area contributed by atoms with Gasteiger partial charge in [-0.1, -0.05) is 0 Å². The van der Waals surface area contributed by atoms with Gasteiger partial charge in [0.25, 0.3) is 0 Å². The van der Waals surface area contributed by atoms with Gasteiger partial charge in [0.2, 0.25) is 5.78 Å². The highest BCUT2D eigenvalue weighted by molar-refractivity contribution is 6.07. The van der Waals surface area contributed by atoms with Crippen LogP contribution in [0.5, 0.6) is 5.75 Å². The quantitative estimate of drug-likeness (QED) is 0.771. The third-order valence-corrected chi connectivity index (χ3v) is 2.65. The molecule has 2 heterocycles. The summed E-state index contributed by atoms with van der Waals surface area (Å²) in [6, 6.07) is 3.46. The Kier molecular flexibility index (Phi) is 3.41. The maximum atomic E-state index is 12.4. The van der Waals surface area contributed by atoms with Crippen LogP contribution >= 0.6 is 0 Å². The molecule has 0 N–H and O–H groups in total. The Bertz CT molecular complexity index is 575. The Morgan fingerprint density at radius 2 is 2.17 bits per heavy atom. The van der Waals surface area contributed by atoms with Crippen molar-refractivity contribution in [2.45, 2.75) is 20.4 Å². The molecule has 0 aliphatic heterocycles. The zero-order valence-corrected chi connectivity index (χ0v) is 10.7. The monoisotopic (exact) mass is 245 g/mol. The second-order valence-corrected chi connectivity index (χ2v) is 3.93. The Hall–Kier alpha value is -2.17. The van der Waals surface area contributed by atoms with Crippen LogP contribution in [0.15, 0.2) is 24.5 Å². The van der Waals surface area contributed by atoms with Gasteiger partial charge in [-0.2, -0.15) is 5.10 Å². The van der Waals surface area contributed by atoms with Gasteiger partial charge >= 0.3 is 0 Å². The topological polar surface area (TPSA) is 57.0 Å². The fourth-order valence-electron chi connectivity index (χ4n) is 1.77. The first-order valence-corrected chi connectivity index (χ1v) is 5.74. The van der Waals surface area contributed by atoms with E-state index in [0.29, 0.717) is 23.6 Å². The van der Waals surface area contributed by atoms with E-state index in [1.54, 1.807) is 30.1 Å². The summed E-state index contributed by atoms with van der Waals surface area (Å²) in [7, 11) is 1.55. The third-order valence-electron chi connectivity index (χ3n) is 2.65. The van der Waals surface area contributed by atoms with E-state index in [0.717, 1.165) is 5.69 Å². The molecule has 18 heavy (non-hydrogen) atoms. The number of nitrogens with zero attached hydrogens (tertiary/aromatic N) is 3. The van der Waals surface area contributed by atoms with Crippen molar-refractivity contribution in [3.05, 3.63) is 41.5 Å². The molecule has 0 spiro atoms. The number of rotatable bonds is 4. The zero-order valence-electron chi connectivity index (χ0n) is 10.7. The highest BCUT2D eigenvalue weighted by Crippen LogP contribution is 2.15. The largest absolute Gasteiger partial charge is 0.495 e. The molecule has 0 aliphatic rings. The predicted octanol–water partition coefficient (Wildman–Crippen LogP) is 1.85. The van der Waals surface area contributed by atoms with E-state index in [2.05, 4.69) is 10.1 Å². The number of carbonyl (C=O) groups is 1. The van der Waals surface area contributed by atoms with Crippen molar-refractivity contribution in [1.29, 1.82) is 0 Å². The van der Waals surface area contributed by atoms with Crippen LogP contribution in [-0.4, -0.2) is 27.7 Å². The van der Waals surface area contributed by atoms with Gasteiger partial charge in [-0.15, -0.1) is 0 Å². The minimum atomic E-state index is -0.0937. The number of methoxy groups -OCH3 is 1. The predicted molar refractivity (Wildman–Crippen MR) is 66.9 cm³/mol. The summed E-state index contributed by atoms with van der Waals surface area (Å²) in [5, 5.41) is 4.26. The minimum absolute atomic E-state index is 0.0937. The fourth-order valence-corrected chi connectivity index (χ4v) is 1.77. The highest BCUT2D eigenvalue weighted by Gasteiger charge is 2.16. The molecule has 2 aromatic heterocycles. The van der Waals surface area contributed by atoms with E-state index in [1.165, 1.54) is 6.20 Å². The number of aryl methyl sites for hydroxylation is 2. The lowest BCUT2D eigenvalue weighted by atomic mass is 10.1. The smallest absolute Gasteiger partial charge is 0.212 e. The molecule has 5 nitrogen and oxygen atoms in total. The van der Waals surface area contributed by atoms with Crippen molar-refractivity contribution >= 4 is 5.78 Å². The van der Waals surface area contributed by atoms with Crippen LogP contribution in [0.3, 0.4) is 0 Å². The molecule has 0 amide bonds. The molecule has 94 valence electrons. The summed E-state index contributed by atoms with van der Waals surface area (Å²) in [5.74, 6) is 0.476. The molecule has 0 fully saturated rings. The van der Waals surface area contributed by atoms with Gasteiger partial charge in [0.05, 0.1) is 19.0 Å². The Morgan fingerprint density at radius 3 is 2.83 bits per heavy atom. The minimum Gasteiger partial charge on any atom is -0.495 e. The maximum absolute atomic E-state index is 12.4. The van der Waals surface area contributed by atoms with Crippen LogP contribution in [0.4, 0.5) is 0 Å². The average Bonchev–Trinajstić information content (AvgIpc) is 2.79. The summed E-state index contributed by atoms with van der Waals surface area (Å²) in [6.07, 6.45) is 3.10. The average molecular weight is 245 g/mol. The fraction of sp³-hybridized carbons (Fsp3) is 0.308. The van der Waals surface area contributed by atoms with Crippen LogP contribution in [0.2, 0.25) is 0 Å². The molecule has 0 unspecified atom stereocenters. The van der Waals surface area contributed by atoms with Gasteiger partial charge in [0.15, 0.2) is 0 Å². The van der Waals surface area contributed by atoms with Gasteiger partial charge in [-0.25, -0.2) is 0 Å². The third kappa shape index (κ3) is 2.25. The second kappa shape index (κ2) is 5.00. The number of ether oxygens (including phenoxy) is 1. The van der Waals surface area contributed by atoms with Crippen LogP contribution in [0.25, 0.3) is 0 Å². The van der Waals surface area contributed by atoms with Gasteiger partial charge in [-0.3, -0.25) is 14.5 Å². The summed E-state index contributed by atoms with van der Waals surface area (Å²) >= 11 is 0. The first-order valence-electron chi connectivity index (χ1n) is 5.74. The number of hydrogen-bond acceptors (Lipinski definition) is 4. The zero-order chi connectivity index (χ0) is 13.1. The molecule has 0 saturated heterocycles. The van der Waals surface area contributed by atoms with E-state index in [4.69, 9.17) is 4.74 Å². The van der Waals surface area contributed by atoms with Crippen molar-refractivity contribution in [3.63, 3.8) is 0 Å². The van der Waals surface area contributed by atoms with Crippen molar-refractivity contribution in [1.82, 2.24) is 14.8 Å². The molecule has 0 bridgehead atoms. The summed E-state index contributed by atoms with van der Waals surface area (Å²) in [6.45, 7) is 4.48. The lowest BCUT2D eigenvalue weighted by molar-refractivity contribution is 0.102. The first kappa shape index (κ1) is 12.3. The van der Waals surface area contributed by atoms with E-state index < -0.39 is 0 Å². The van der Waals surface area contributed by atoms with Gasteiger partial charge in [-0.05, 0) is 26.0 Å². The van der Waals surface area contributed by atoms with Crippen molar-refractivity contribution in [2.75, 3.05) is 7.11 Å². The normalized spacial score (nSPS) is 10.4. The molecule has 0 radical (unpaired) electrons. The molecule has 0 aliphatic carbocycles. The number of hydrogen-bond donors (Lipinski definition) is 0. The summed E-state index contributed by atoms with van der Waals surface area (Å²) < 4.78 is 6.76. The molecule has 5 heteroatoms. The summed E-state index contributed by atoms with van der Waals surface area (Å²) in [4.78, 5) is 16.3. The van der Waals surface area contributed by atoms with E-state index in [9.17, 15) is 4.79 Å². The van der Waals surface area contributed by atoms with Crippen LogP contribution in [0, 0.1) is 6.92 Å². The van der Waals surface area contributed by atoms with E-state index in [1.807, 2.05) is 13.8 Å². The number of aromatic nitrogens is 3. The molecular weight excluding hydrogens is 230 g/mol. The molecule has 0 saturated carbocycles. The van der Waals surface area contributed by atoms with Gasteiger partial charge in [0, 0.05) is 18.3 Å². The lowest BCUT2D eigenvalue weighted by Crippen LogP contribution is -2.10. The van der Waals surface area contributed by atoms with Crippen molar-refractivity contribution < 1.29 is 9.53 Å². The molecular formula is C13H15N3O2. The maximum Gasteiger partial charge on any atom is 0.212 e. The van der Waals surface area contributed by atoms with Gasteiger partial charge in [0.1, 0.15) is 11.4 Å². The van der Waals surface area contributed by atoms with Crippen molar-refractivity contribution in [3.8, 4) is 5.75 Å². The molecule has 2 aromatic rings.